The third kappa shape index (κ3) is 26.5. The second kappa shape index (κ2) is 6.44. The van der Waals surface area contributed by atoms with Crippen LogP contribution < -0.4 is 0 Å². The molecule has 0 saturated carbocycles. The molecule has 10 heavy (non-hydrogen) atoms. The fourth-order valence-corrected chi connectivity index (χ4v) is 0. The van der Waals surface area contributed by atoms with Crippen molar-refractivity contribution in [2.75, 3.05) is 0 Å². The van der Waals surface area contributed by atoms with Crippen LogP contribution in [0.3, 0.4) is 0 Å². The highest BCUT2D eigenvalue weighted by molar-refractivity contribution is 6.52. The van der Waals surface area contributed by atoms with Gasteiger partial charge in [-0.15, -0.1) is 0 Å². The number of carboxylic acid groups (broad SMARTS) is 3. The van der Waals surface area contributed by atoms with E-state index in [-0.39, 0.29) is 0 Å². The summed E-state index contributed by atoms with van der Waals surface area (Å²) >= 11 is 9.56. The molecule has 5 nitrogen and oxygen atoms in total. The molecule has 0 rings (SSSR count). The quantitative estimate of drug-likeness (QED) is 0.539. The molecule has 60 valence electrons. The van der Waals surface area contributed by atoms with Gasteiger partial charge in [0, 0.05) is 0 Å². The first-order valence-corrected chi connectivity index (χ1v) is 2.68. The third-order valence-corrected chi connectivity index (χ3v) is 0.560. The van der Waals surface area contributed by atoms with Gasteiger partial charge in [-0.3, -0.25) is 0 Å². The first-order chi connectivity index (χ1) is 4.37. The van der Waals surface area contributed by atoms with E-state index < -0.39 is 17.0 Å². The fourth-order valence-electron chi connectivity index (χ4n) is 0. The summed E-state index contributed by atoms with van der Waals surface area (Å²) in [5.74, 6) is -1.21. The lowest BCUT2D eigenvalue weighted by Gasteiger charge is -1.84. The standard InChI is InChI=1S/C2H2Cl2O2.CH2O3/c3-1(4)2(5)6;2-1(3)4/h1H,(H,5,6);(H2,2,3,4). The van der Waals surface area contributed by atoms with Crippen molar-refractivity contribution in [3.8, 4) is 0 Å². The van der Waals surface area contributed by atoms with E-state index in [0.29, 0.717) is 0 Å². The monoisotopic (exact) mass is 190 g/mol. The van der Waals surface area contributed by atoms with E-state index in [1.807, 2.05) is 0 Å². The molecular formula is C3H4Cl2O5. The number of rotatable bonds is 1. The van der Waals surface area contributed by atoms with Crippen LogP contribution in [0, 0.1) is 0 Å². The number of aliphatic carboxylic acids is 1. The minimum Gasteiger partial charge on any atom is -0.479 e. The van der Waals surface area contributed by atoms with Crippen LogP contribution in [0.4, 0.5) is 4.79 Å². The first kappa shape index (κ1) is 12.0. The van der Waals surface area contributed by atoms with E-state index in [0.717, 1.165) is 0 Å². The molecule has 7 heteroatoms. The highest BCUT2D eigenvalue weighted by Crippen LogP contribution is 1.98. The van der Waals surface area contributed by atoms with E-state index in [9.17, 15) is 4.79 Å². The van der Waals surface area contributed by atoms with Crippen LogP contribution in [-0.4, -0.2) is 32.3 Å². The van der Waals surface area contributed by atoms with Crippen LogP contribution in [0.25, 0.3) is 0 Å². The molecular weight excluding hydrogens is 187 g/mol. The first-order valence-electron chi connectivity index (χ1n) is 1.80. The predicted molar refractivity (Wildman–Crippen MR) is 33.8 cm³/mol. The number of halogens is 2. The van der Waals surface area contributed by atoms with Crippen LogP contribution in [0.2, 0.25) is 0 Å². The fraction of sp³-hybridized carbons (Fsp3) is 0.333. The molecule has 0 amide bonds. The van der Waals surface area contributed by atoms with E-state index >= 15 is 0 Å². The number of hydrogen-bond acceptors (Lipinski definition) is 2. The molecule has 0 unspecified atom stereocenters. The Balaban J connectivity index is 0. The molecule has 0 radical (unpaired) electrons. The van der Waals surface area contributed by atoms with Gasteiger partial charge >= 0.3 is 12.1 Å². The van der Waals surface area contributed by atoms with Gasteiger partial charge in [-0.25, -0.2) is 9.59 Å². The summed E-state index contributed by atoms with van der Waals surface area (Å²) < 4.78 is 0. The number of carbonyl (C=O) groups is 2. The van der Waals surface area contributed by atoms with Gasteiger partial charge in [-0.05, 0) is 0 Å². The molecule has 0 spiro atoms. The number of carboxylic acids is 1. The molecule has 0 aliphatic rings. The lowest BCUT2D eigenvalue weighted by Crippen LogP contribution is -2.03. The predicted octanol–water partition coefficient (Wildman–Crippen LogP) is 1.10. The van der Waals surface area contributed by atoms with Gasteiger partial charge < -0.3 is 15.3 Å². The van der Waals surface area contributed by atoms with Crippen molar-refractivity contribution in [3.05, 3.63) is 0 Å². The summed E-state index contributed by atoms with van der Waals surface area (Å²) in [6.07, 6.45) is -1.83. The topological polar surface area (TPSA) is 94.8 Å². The minimum atomic E-state index is -1.83. The van der Waals surface area contributed by atoms with E-state index in [1.54, 1.807) is 0 Å². The van der Waals surface area contributed by atoms with Crippen molar-refractivity contribution in [1.82, 2.24) is 0 Å². The largest absolute Gasteiger partial charge is 0.503 e. The smallest absolute Gasteiger partial charge is 0.479 e. The minimum absolute atomic E-state index is 1.21. The van der Waals surface area contributed by atoms with Gasteiger partial charge in [0.25, 0.3) is 0 Å². The molecule has 0 heterocycles. The van der Waals surface area contributed by atoms with Crippen molar-refractivity contribution in [2.45, 2.75) is 4.84 Å². The maximum Gasteiger partial charge on any atom is 0.503 e. The summed E-state index contributed by atoms with van der Waals surface area (Å²) in [6.45, 7) is 0. The van der Waals surface area contributed by atoms with Gasteiger partial charge in [0.05, 0.1) is 0 Å². The number of hydrogen-bond donors (Lipinski definition) is 3. The maximum absolute atomic E-state index is 9.44. The number of alkyl halides is 2. The van der Waals surface area contributed by atoms with Crippen molar-refractivity contribution in [2.24, 2.45) is 0 Å². The zero-order valence-electron chi connectivity index (χ0n) is 4.49. The summed E-state index contributed by atoms with van der Waals surface area (Å²) in [4.78, 5) is 16.7. The van der Waals surface area contributed by atoms with E-state index in [2.05, 4.69) is 0 Å². The van der Waals surface area contributed by atoms with Crippen LogP contribution in [-0.2, 0) is 4.79 Å². The summed E-state index contributed by atoms with van der Waals surface area (Å²) in [7, 11) is 0. The van der Waals surface area contributed by atoms with Crippen molar-refractivity contribution < 1.29 is 24.9 Å². The van der Waals surface area contributed by atoms with Crippen LogP contribution in [0.5, 0.6) is 0 Å². The Morgan fingerprint density at radius 1 is 1.10 bits per heavy atom. The highest BCUT2D eigenvalue weighted by atomic mass is 35.5. The molecule has 0 aromatic heterocycles. The second-order valence-corrected chi connectivity index (χ2v) is 2.02. The van der Waals surface area contributed by atoms with E-state index in [4.69, 9.17) is 43.3 Å². The van der Waals surface area contributed by atoms with Crippen LogP contribution in [0.1, 0.15) is 0 Å². The van der Waals surface area contributed by atoms with Gasteiger partial charge in [-0.2, -0.15) is 0 Å². The van der Waals surface area contributed by atoms with Crippen molar-refractivity contribution in [1.29, 1.82) is 0 Å². The van der Waals surface area contributed by atoms with Crippen LogP contribution in [0.15, 0.2) is 0 Å². The molecule has 0 bridgehead atoms. The summed E-state index contributed by atoms with van der Waals surface area (Å²) in [6, 6.07) is 0. The zero-order chi connectivity index (χ0) is 8.73. The Hall–Kier alpha value is -0.680. The molecule has 0 fully saturated rings. The average Bonchev–Trinajstić information content (AvgIpc) is 1.63. The molecule has 3 N–H and O–H groups in total. The third-order valence-electron chi connectivity index (χ3n) is 0.187. The Morgan fingerprint density at radius 3 is 1.20 bits per heavy atom. The Labute approximate surface area is 65.8 Å². The molecule has 0 aromatic rings. The Morgan fingerprint density at radius 2 is 1.20 bits per heavy atom. The van der Waals surface area contributed by atoms with Crippen LogP contribution >= 0.6 is 23.2 Å². The average molecular weight is 191 g/mol. The van der Waals surface area contributed by atoms with Gasteiger partial charge in [-0.1, -0.05) is 23.2 Å². The molecule has 0 aromatic carbocycles. The zero-order valence-corrected chi connectivity index (χ0v) is 6.00. The molecule has 0 aliphatic carbocycles. The van der Waals surface area contributed by atoms with Gasteiger partial charge in [0.1, 0.15) is 0 Å². The highest BCUT2D eigenvalue weighted by Gasteiger charge is 2.05. The summed E-state index contributed by atoms with van der Waals surface area (Å²) in [5, 5.41) is 21.7. The Kier molecular flexibility index (Phi) is 7.75. The van der Waals surface area contributed by atoms with E-state index in [1.165, 1.54) is 0 Å². The molecule has 0 aliphatic heterocycles. The SMILES string of the molecule is O=C(O)C(Cl)Cl.O=C(O)O. The van der Waals surface area contributed by atoms with Crippen molar-refractivity contribution in [3.63, 3.8) is 0 Å². The molecule has 0 atom stereocenters. The summed E-state index contributed by atoms with van der Waals surface area (Å²) in [5.41, 5.74) is 0. The Bertz CT molecular complexity index is 118. The second-order valence-electron chi connectivity index (χ2n) is 0.922. The maximum atomic E-state index is 9.44. The molecule has 0 saturated heterocycles. The van der Waals surface area contributed by atoms with Crippen molar-refractivity contribution >= 4 is 35.3 Å². The van der Waals surface area contributed by atoms with Gasteiger partial charge in [0.2, 0.25) is 4.84 Å². The normalized spacial score (nSPS) is 7.90. The van der Waals surface area contributed by atoms with Gasteiger partial charge in [0.15, 0.2) is 0 Å². The lowest BCUT2D eigenvalue weighted by molar-refractivity contribution is -0.135. The lowest BCUT2D eigenvalue weighted by atomic mass is 10.8.